The SMILES string of the molecule is O=C(OCc1ccc(OCC(F)(F)F)cc1F)N1CC[C@@H]2CN(C(=O)c3ccc4[nH]nnc4c3)C[C@@H]2CC1. The fraction of sp³-hybridized carbons (Fsp3) is 0.440. The van der Waals surface area contributed by atoms with E-state index in [1.807, 2.05) is 4.90 Å². The van der Waals surface area contributed by atoms with Crippen LogP contribution >= 0.6 is 0 Å². The van der Waals surface area contributed by atoms with Gasteiger partial charge in [0.05, 0.1) is 5.52 Å². The summed E-state index contributed by atoms with van der Waals surface area (Å²) in [5.41, 5.74) is 1.97. The summed E-state index contributed by atoms with van der Waals surface area (Å²) < 4.78 is 60.9. The van der Waals surface area contributed by atoms with E-state index in [9.17, 15) is 27.2 Å². The van der Waals surface area contributed by atoms with Crippen LogP contribution in [0.4, 0.5) is 22.4 Å². The van der Waals surface area contributed by atoms with Crippen LogP contribution in [0.1, 0.15) is 28.8 Å². The average Bonchev–Trinajstić information content (AvgIpc) is 3.47. The van der Waals surface area contributed by atoms with E-state index in [2.05, 4.69) is 20.1 Å². The predicted molar refractivity (Wildman–Crippen MR) is 126 cm³/mol. The molecule has 2 atom stereocenters. The molecule has 2 saturated heterocycles. The van der Waals surface area contributed by atoms with Crippen molar-refractivity contribution in [1.29, 1.82) is 0 Å². The molecule has 0 saturated carbocycles. The van der Waals surface area contributed by atoms with E-state index in [1.54, 1.807) is 23.1 Å². The third-order valence-corrected chi connectivity index (χ3v) is 7.01. The van der Waals surface area contributed by atoms with Gasteiger partial charge in [0.25, 0.3) is 5.91 Å². The Bertz CT molecular complexity index is 1310. The van der Waals surface area contributed by atoms with Gasteiger partial charge in [-0.15, -0.1) is 5.10 Å². The number of aromatic nitrogens is 3. The Morgan fingerprint density at radius 2 is 1.76 bits per heavy atom. The molecule has 38 heavy (non-hydrogen) atoms. The molecule has 13 heteroatoms. The van der Waals surface area contributed by atoms with Crippen molar-refractivity contribution < 1.29 is 36.6 Å². The van der Waals surface area contributed by atoms with Crippen molar-refractivity contribution in [2.75, 3.05) is 32.8 Å². The van der Waals surface area contributed by atoms with Crippen molar-refractivity contribution in [3.05, 3.63) is 53.3 Å². The van der Waals surface area contributed by atoms with Crippen molar-refractivity contribution in [2.45, 2.75) is 25.6 Å². The number of carbonyl (C=O) groups is 2. The van der Waals surface area contributed by atoms with Gasteiger partial charge in [-0.2, -0.15) is 13.2 Å². The number of likely N-dealkylation sites (tertiary alicyclic amines) is 2. The third-order valence-electron chi connectivity index (χ3n) is 7.01. The number of amides is 2. The first-order valence-corrected chi connectivity index (χ1v) is 12.2. The smallest absolute Gasteiger partial charge is 0.422 e. The lowest BCUT2D eigenvalue weighted by atomic mass is 9.92. The monoisotopic (exact) mass is 535 g/mol. The first kappa shape index (κ1) is 25.7. The lowest BCUT2D eigenvalue weighted by molar-refractivity contribution is -0.153. The van der Waals surface area contributed by atoms with Crippen molar-refractivity contribution in [1.82, 2.24) is 25.2 Å². The van der Waals surface area contributed by atoms with Crippen molar-refractivity contribution in [3.63, 3.8) is 0 Å². The van der Waals surface area contributed by atoms with Crippen LogP contribution in [0.15, 0.2) is 36.4 Å². The number of H-pyrrole nitrogens is 1. The molecule has 5 rings (SSSR count). The number of nitrogens with one attached hydrogen (secondary N) is 1. The van der Waals surface area contributed by atoms with E-state index < -0.39 is 24.7 Å². The highest BCUT2D eigenvalue weighted by atomic mass is 19.4. The number of nitrogens with zero attached hydrogens (tertiary/aromatic N) is 4. The number of hydrogen-bond acceptors (Lipinski definition) is 6. The summed E-state index contributed by atoms with van der Waals surface area (Å²) in [6.07, 6.45) is -3.72. The number of rotatable bonds is 5. The first-order chi connectivity index (χ1) is 18.2. The van der Waals surface area contributed by atoms with Crippen LogP contribution in [0.25, 0.3) is 11.0 Å². The van der Waals surface area contributed by atoms with Gasteiger partial charge in [-0.3, -0.25) is 9.89 Å². The molecule has 0 spiro atoms. The number of carbonyl (C=O) groups excluding carboxylic acids is 2. The number of alkyl halides is 3. The lowest BCUT2D eigenvalue weighted by Gasteiger charge is -2.22. The van der Waals surface area contributed by atoms with Gasteiger partial charge >= 0.3 is 12.3 Å². The maximum atomic E-state index is 14.3. The molecule has 0 bridgehead atoms. The Hall–Kier alpha value is -3.90. The molecule has 2 fully saturated rings. The second-order valence-corrected chi connectivity index (χ2v) is 9.55. The van der Waals surface area contributed by atoms with Crippen molar-refractivity contribution in [3.8, 4) is 5.75 Å². The number of hydrogen-bond donors (Lipinski definition) is 1. The number of fused-ring (bicyclic) bond motifs is 2. The van der Waals surface area contributed by atoms with E-state index in [0.29, 0.717) is 50.1 Å². The minimum Gasteiger partial charge on any atom is -0.484 e. The van der Waals surface area contributed by atoms with Gasteiger partial charge < -0.3 is 19.3 Å². The van der Waals surface area contributed by atoms with Gasteiger partial charge in [0.2, 0.25) is 0 Å². The van der Waals surface area contributed by atoms with Gasteiger partial charge in [-0.25, -0.2) is 9.18 Å². The van der Waals surface area contributed by atoms with Crippen LogP contribution in [0, 0.1) is 17.7 Å². The summed E-state index contributed by atoms with van der Waals surface area (Å²) in [5, 5.41) is 10.5. The topological polar surface area (TPSA) is 101 Å². The molecule has 2 amide bonds. The fourth-order valence-electron chi connectivity index (χ4n) is 4.98. The van der Waals surface area contributed by atoms with Crippen molar-refractivity contribution >= 4 is 23.0 Å². The minimum atomic E-state index is -4.53. The Morgan fingerprint density at radius 3 is 2.45 bits per heavy atom. The lowest BCUT2D eigenvalue weighted by Crippen LogP contribution is -2.34. The Balaban J connectivity index is 1.11. The number of halogens is 4. The Morgan fingerprint density at radius 1 is 1.03 bits per heavy atom. The predicted octanol–water partition coefficient (Wildman–Crippen LogP) is 4.16. The molecule has 0 radical (unpaired) electrons. The Labute approximate surface area is 214 Å². The maximum Gasteiger partial charge on any atom is 0.422 e. The molecule has 9 nitrogen and oxygen atoms in total. The normalized spacial score (nSPS) is 19.8. The number of aromatic amines is 1. The quantitative estimate of drug-likeness (QED) is 0.493. The molecule has 0 aliphatic carbocycles. The summed E-state index contributed by atoms with van der Waals surface area (Å²) in [6.45, 7) is 0.196. The zero-order valence-corrected chi connectivity index (χ0v) is 20.2. The fourth-order valence-corrected chi connectivity index (χ4v) is 4.98. The average molecular weight is 535 g/mol. The Kier molecular flexibility index (Phi) is 7.09. The standard InChI is InChI=1S/C25H25F4N5O4/c26-20-10-19(38-14-25(27,28)29)3-1-18(20)13-37-24(36)33-7-5-16-11-34(12-17(16)6-8-33)23(35)15-2-4-21-22(9-15)31-32-30-21/h1-4,9-10,16-17H,5-8,11-14H2,(H,30,31,32)/t16-,17+. The number of benzene rings is 2. The van der Waals surface area contributed by atoms with E-state index >= 15 is 0 Å². The molecule has 1 aromatic heterocycles. The van der Waals surface area contributed by atoms with Crippen molar-refractivity contribution in [2.24, 2.45) is 11.8 Å². The number of ether oxygens (including phenoxy) is 2. The zero-order chi connectivity index (χ0) is 26.9. The molecular formula is C25H25F4N5O4. The molecule has 1 N–H and O–H groups in total. The van der Waals surface area contributed by atoms with E-state index in [-0.39, 0.29) is 35.7 Å². The first-order valence-electron chi connectivity index (χ1n) is 12.2. The highest BCUT2D eigenvalue weighted by molar-refractivity contribution is 5.97. The van der Waals surface area contributed by atoms with Gasteiger partial charge in [0.1, 0.15) is 23.7 Å². The molecule has 0 unspecified atom stereocenters. The van der Waals surface area contributed by atoms with Gasteiger partial charge in [-0.05, 0) is 55.0 Å². The minimum absolute atomic E-state index is 0.0300. The molecular weight excluding hydrogens is 510 g/mol. The van der Waals surface area contributed by atoms with E-state index in [0.717, 1.165) is 11.6 Å². The molecule has 2 aromatic carbocycles. The maximum absolute atomic E-state index is 14.3. The van der Waals surface area contributed by atoms with Crippen LogP contribution in [-0.2, 0) is 11.3 Å². The molecule has 3 aromatic rings. The molecule has 202 valence electrons. The van der Waals surface area contributed by atoms with E-state index in [4.69, 9.17) is 4.74 Å². The molecule has 2 aliphatic heterocycles. The van der Waals surface area contributed by atoms with Gasteiger partial charge in [0, 0.05) is 43.4 Å². The van der Waals surface area contributed by atoms with Crippen LogP contribution in [-0.4, -0.2) is 76.2 Å². The summed E-state index contributed by atoms with van der Waals surface area (Å²) in [4.78, 5) is 29.1. The highest BCUT2D eigenvalue weighted by Crippen LogP contribution is 2.33. The second-order valence-electron chi connectivity index (χ2n) is 9.55. The second kappa shape index (κ2) is 10.5. The van der Waals surface area contributed by atoms with Gasteiger partial charge in [-0.1, -0.05) is 5.21 Å². The molecule has 2 aliphatic rings. The summed E-state index contributed by atoms with van der Waals surface area (Å²) in [6, 6.07) is 8.51. The van der Waals surface area contributed by atoms with Crippen LogP contribution in [0.5, 0.6) is 5.75 Å². The summed E-state index contributed by atoms with van der Waals surface area (Å²) in [5.74, 6) is -0.657. The summed E-state index contributed by atoms with van der Waals surface area (Å²) >= 11 is 0. The van der Waals surface area contributed by atoms with Crippen LogP contribution in [0.2, 0.25) is 0 Å². The summed E-state index contributed by atoms with van der Waals surface area (Å²) in [7, 11) is 0. The van der Waals surface area contributed by atoms with Gasteiger partial charge in [0.15, 0.2) is 6.61 Å². The molecule has 3 heterocycles. The highest BCUT2D eigenvalue weighted by Gasteiger charge is 2.38. The van der Waals surface area contributed by atoms with Crippen LogP contribution < -0.4 is 4.74 Å². The zero-order valence-electron chi connectivity index (χ0n) is 20.2. The van der Waals surface area contributed by atoms with E-state index in [1.165, 1.54) is 12.1 Å². The third kappa shape index (κ3) is 5.81. The van der Waals surface area contributed by atoms with Crippen LogP contribution in [0.3, 0.4) is 0 Å². The largest absolute Gasteiger partial charge is 0.484 e.